The highest BCUT2D eigenvalue weighted by Gasteiger charge is 2.19. The van der Waals surface area contributed by atoms with Gasteiger partial charge in [0.25, 0.3) is 11.5 Å². The fourth-order valence-corrected chi connectivity index (χ4v) is 3.50. The van der Waals surface area contributed by atoms with E-state index >= 15 is 0 Å². The first kappa shape index (κ1) is 20.4. The van der Waals surface area contributed by atoms with Gasteiger partial charge in [0.2, 0.25) is 0 Å². The highest BCUT2D eigenvalue weighted by Crippen LogP contribution is 2.24. The molecular formula is C22H20N8O3. The lowest BCUT2D eigenvalue weighted by Crippen LogP contribution is -2.30. The Hall–Kier alpha value is -4.54. The molecule has 33 heavy (non-hydrogen) atoms. The van der Waals surface area contributed by atoms with Crippen LogP contribution in [-0.2, 0) is 20.0 Å². The molecule has 0 unspecified atom stereocenters. The number of pyridine rings is 2. The number of nitrogens with one attached hydrogen (secondary N) is 2. The van der Waals surface area contributed by atoms with Gasteiger partial charge in [0, 0.05) is 50.7 Å². The second-order valence-corrected chi connectivity index (χ2v) is 7.46. The third-order valence-electron chi connectivity index (χ3n) is 5.07. The third-order valence-corrected chi connectivity index (χ3v) is 5.07. The van der Waals surface area contributed by atoms with Gasteiger partial charge in [-0.3, -0.25) is 18.8 Å². The van der Waals surface area contributed by atoms with Gasteiger partial charge < -0.3 is 15.4 Å². The summed E-state index contributed by atoms with van der Waals surface area (Å²) in [6.45, 7) is 0.584. The molecule has 0 bridgehead atoms. The van der Waals surface area contributed by atoms with Gasteiger partial charge in [0.15, 0.2) is 5.82 Å². The van der Waals surface area contributed by atoms with Gasteiger partial charge in [-0.15, -0.1) is 0 Å². The summed E-state index contributed by atoms with van der Waals surface area (Å²) in [6.07, 6.45) is 7.85. The molecule has 0 spiro atoms. The molecule has 0 aliphatic carbocycles. The number of nitrogens with zero attached hydrogens (tertiary/aromatic N) is 6. The second-order valence-electron chi connectivity index (χ2n) is 7.46. The number of carbonyl (C=O) groups excluding carboxylic acids is 1. The number of amides is 1. The Kier molecular flexibility index (Phi) is 5.27. The van der Waals surface area contributed by atoms with Crippen LogP contribution in [0.1, 0.15) is 22.6 Å². The highest BCUT2D eigenvalue weighted by atomic mass is 16.5. The van der Waals surface area contributed by atoms with Crippen LogP contribution in [0.3, 0.4) is 0 Å². The van der Waals surface area contributed by atoms with Crippen LogP contribution in [0.4, 0.5) is 17.5 Å². The molecule has 0 aromatic carbocycles. The van der Waals surface area contributed by atoms with Crippen molar-refractivity contribution in [2.75, 3.05) is 10.6 Å². The van der Waals surface area contributed by atoms with Gasteiger partial charge in [-0.2, -0.15) is 5.10 Å². The molecule has 0 radical (unpaired) electrons. The zero-order valence-electron chi connectivity index (χ0n) is 17.7. The van der Waals surface area contributed by atoms with Gasteiger partial charge in [0.1, 0.15) is 34.5 Å². The Morgan fingerprint density at radius 1 is 1.03 bits per heavy atom. The molecule has 11 heteroatoms. The van der Waals surface area contributed by atoms with Crippen LogP contribution >= 0.6 is 0 Å². The number of rotatable bonds is 6. The van der Waals surface area contributed by atoms with Crippen LogP contribution in [0.2, 0.25) is 0 Å². The van der Waals surface area contributed by atoms with Gasteiger partial charge in [0.05, 0.1) is 6.20 Å². The number of aryl methyl sites for hydroxylation is 2. The summed E-state index contributed by atoms with van der Waals surface area (Å²) >= 11 is 0. The van der Waals surface area contributed by atoms with Gasteiger partial charge in [-0.25, -0.2) is 15.0 Å². The van der Waals surface area contributed by atoms with E-state index in [0.717, 1.165) is 12.8 Å². The standard InChI is InChI=1S/C22H20N8O3/c1-29-10-7-18(28-29)26-19-11-14(6-8-23-19)33-15-4-5-17(24-12-15)27-21(31)16-13-25-20-3-2-9-30(20)22(16)32/h4-8,10-13H,2-3,9H2,1H3,(H,23,26,28)(H,24,27,31). The molecule has 4 aromatic rings. The van der Waals surface area contributed by atoms with Crippen molar-refractivity contribution >= 4 is 23.4 Å². The van der Waals surface area contributed by atoms with Crippen molar-refractivity contribution < 1.29 is 9.53 Å². The molecule has 0 fully saturated rings. The Balaban J connectivity index is 1.24. The van der Waals surface area contributed by atoms with Crippen molar-refractivity contribution in [3.8, 4) is 11.5 Å². The maximum absolute atomic E-state index is 12.5. The summed E-state index contributed by atoms with van der Waals surface area (Å²) in [4.78, 5) is 37.7. The predicted molar refractivity (Wildman–Crippen MR) is 120 cm³/mol. The van der Waals surface area contributed by atoms with E-state index in [1.165, 1.54) is 12.4 Å². The third kappa shape index (κ3) is 4.42. The Morgan fingerprint density at radius 3 is 2.73 bits per heavy atom. The number of aromatic nitrogens is 6. The van der Waals surface area contributed by atoms with E-state index in [-0.39, 0.29) is 11.1 Å². The first-order chi connectivity index (χ1) is 16.0. The molecule has 0 saturated heterocycles. The summed E-state index contributed by atoms with van der Waals surface area (Å²) in [5, 5.41) is 9.98. The lowest BCUT2D eigenvalue weighted by atomic mass is 10.3. The molecule has 4 aromatic heterocycles. The lowest BCUT2D eigenvalue weighted by molar-refractivity contribution is 0.102. The van der Waals surface area contributed by atoms with Gasteiger partial charge in [-0.1, -0.05) is 0 Å². The minimum atomic E-state index is -0.546. The topological polar surface area (TPSA) is 129 Å². The smallest absolute Gasteiger partial charge is 0.266 e. The average molecular weight is 444 g/mol. The maximum atomic E-state index is 12.5. The molecule has 1 aliphatic heterocycles. The first-order valence-electron chi connectivity index (χ1n) is 10.3. The van der Waals surface area contributed by atoms with E-state index < -0.39 is 5.91 Å². The van der Waals surface area contributed by atoms with Crippen LogP contribution in [0.15, 0.2) is 59.9 Å². The number of hydrogen-bond acceptors (Lipinski definition) is 8. The summed E-state index contributed by atoms with van der Waals surface area (Å²) < 4.78 is 9.07. The van der Waals surface area contributed by atoms with Crippen LogP contribution < -0.4 is 20.9 Å². The molecule has 1 amide bonds. The monoisotopic (exact) mass is 444 g/mol. The molecule has 5 rings (SSSR count). The Bertz CT molecular complexity index is 1380. The van der Waals surface area contributed by atoms with Crippen molar-refractivity contribution in [1.82, 2.24) is 29.3 Å². The van der Waals surface area contributed by atoms with Gasteiger partial charge >= 0.3 is 0 Å². The van der Waals surface area contributed by atoms with Crippen LogP contribution in [0.25, 0.3) is 0 Å². The molecule has 0 saturated carbocycles. The summed E-state index contributed by atoms with van der Waals surface area (Å²) in [5.41, 5.74) is -0.338. The number of hydrogen-bond donors (Lipinski definition) is 2. The number of fused-ring (bicyclic) bond motifs is 1. The molecule has 2 N–H and O–H groups in total. The van der Waals surface area contributed by atoms with Crippen molar-refractivity contribution in [3.63, 3.8) is 0 Å². The van der Waals surface area contributed by atoms with E-state index in [1.54, 1.807) is 39.7 Å². The zero-order valence-corrected chi connectivity index (χ0v) is 17.7. The van der Waals surface area contributed by atoms with E-state index in [4.69, 9.17) is 4.74 Å². The number of ether oxygens (including phenoxy) is 1. The quantitative estimate of drug-likeness (QED) is 0.464. The molecule has 0 atom stereocenters. The van der Waals surface area contributed by atoms with E-state index in [9.17, 15) is 9.59 Å². The zero-order chi connectivity index (χ0) is 22.8. The van der Waals surface area contributed by atoms with Crippen LogP contribution in [-0.4, -0.2) is 35.2 Å². The molecule has 5 heterocycles. The van der Waals surface area contributed by atoms with Gasteiger partial charge in [-0.05, 0) is 24.6 Å². The number of anilines is 3. The highest BCUT2D eigenvalue weighted by molar-refractivity contribution is 6.03. The van der Waals surface area contributed by atoms with Crippen molar-refractivity contribution in [3.05, 3.63) is 76.9 Å². The Morgan fingerprint density at radius 2 is 1.94 bits per heavy atom. The average Bonchev–Trinajstić information content (AvgIpc) is 3.45. The molecule has 166 valence electrons. The molecular weight excluding hydrogens is 424 g/mol. The molecule has 1 aliphatic rings. The SMILES string of the molecule is Cn1ccc(Nc2cc(Oc3ccc(NC(=O)c4cnc5n(c4=O)CCC5)nc3)ccn2)n1. The fourth-order valence-electron chi connectivity index (χ4n) is 3.50. The first-order valence-corrected chi connectivity index (χ1v) is 10.3. The maximum Gasteiger partial charge on any atom is 0.266 e. The fraction of sp³-hybridized carbons (Fsp3) is 0.182. The normalized spacial score (nSPS) is 12.3. The van der Waals surface area contributed by atoms with Crippen LogP contribution in [0.5, 0.6) is 11.5 Å². The van der Waals surface area contributed by atoms with Crippen molar-refractivity contribution in [2.45, 2.75) is 19.4 Å². The summed E-state index contributed by atoms with van der Waals surface area (Å²) in [5.74, 6) is 2.74. The number of carbonyl (C=O) groups is 1. The predicted octanol–water partition coefficient (Wildman–Crippen LogP) is 2.50. The van der Waals surface area contributed by atoms with E-state index in [2.05, 4.69) is 30.7 Å². The van der Waals surface area contributed by atoms with E-state index in [1.807, 2.05) is 19.3 Å². The second kappa shape index (κ2) is 8.54. The van der Waals surface area contributed by atoms with Crippen molar-refractivity contribution in [2.24, 2.45) is 7.05 Å². The van der Waals surface area contributed by atoms with Crippen molar-refractivity contribution in [1.29, 1.82) is 0 Å². The van der Waals surface area contributed by atoms with E-state index in [0.29, 0.717) is 41.3 Å². The molecule has 11 nitrogen and oxygen atoms in total. The lowest BCUT2D eigenvalue weighted by Gasteiger charge is -2.09. The largest absolute Gasteiger partial charge is 0.456 e. The minimum Gasteiger partial charge on any atom is -0.456 e. The minimum absolute atomic E-state index is 0.00695. The Labute approximate surface area is 188 Å². The summed E-state index contributed by atoms with van der Waals surface area (Å²) in [6, 6.07) is 8.55. The van der Waals surface area contributed by atoms with Crippen LogP contribution in [0, 0.1) is 0 Å². The summed E-state index contributed by atoms with van der Waals surface area (Å²) in [7, 11) is 1.83.